The number of alkyl halides is 3. The van der Waals surface area contributed by atoms with E-state index >= 15 is 0 Å². The predicted octanol–water partition coefficient (Wildman–Crippen LogP) is 6.84. The van der Waals surface area contributed by atoms with Crippen molar-refractivity contribution in [1.29, 1.82) is 0 Å². The zero-order valence-electron chi connectivity index (χ0n) is 23.5. The number of benzene rings is 2. The van der Waals surface area contributed by atoms with Crippen LogP contribution < -0.4 is 0 Å². The highest BCUT2D eigenvalue weighted by Gasteiger charge is 2.54. The van der Waals surface area contributed by atoms with Gasteiger partial charge in [0, 0.05) is 12.1 Å². The third-order valence-corrected chi connectivity index (χ3v) is 11.8. The summed E-state index contributed by atoms with van der Waals surface area (Å²) in [5.74, 6) is -1.60. The van der Waals surface area contributed by atoms with Crippen LogP contribution in [-0.2, 0) is 22.6 Å². The number of sulfonamides is 1. The molecule has 0 saturated heterocycles. The monoisotopic (exact) mass is 660 g/mol. The van der Waals surface area contributed by atoms with Crippen molar-refractivity contribution in [2.24, 2.45) is 5.41 Å². The molecule has 2 aromatic heterocycles. The molecule has 3 aliphatic carbocycles. The molecule has 2 saturated carbocycles. The summed E-state index contributed by atoms with van der Waals surface area (Å²) in [5.41, 5.74) is 1.16. The Balaban J connectivity index is 1.32. The number of allylic oxidation sites excluding steroid dienone is 1. The number of aromatic nitrogens is 3. The lowest BCUT2D eigenvalue weighted by Crippen LogP contribution is -2.51. The second kappa shape index (κ2) is 10.7. The Morgan fingerprint density at radius 1 is 0.956 bits per heavy atom. The Labute approximate surface area is 259 Å². The normalized spacial score (nSPS) is 21.7. The summed E-state index contributed by atoms with van der Waals surface area (Å²) in [5, 5.41) is 4.17. The van der Waals surface area contributed by atoms with Crippen molar-refractivity contribution in [1.82, 2.24) is 19.1 Å². The molecule has 234 valence electrons. The largest absolute Gasteiger partial charge is 0.427 e. The molecular weight excluding hydrogens is 635 g/mol. The maximum absolute atomic E-state index is 14.4. The molecule has 2 atom stereocenters. The second-order valence-corrected chi connectivity index (χ2v) is 14.5. The van der Waals surface area contributed by atoms with Crippen molar-refractivity contribution in [2.75, 3.05) is 0 Å². The van der Waals surface area contributed by atoms with Gasteiger partial charge in [-0.25, -0.2) is 26.9 Å². The van der Waals surface area contributed by atoms with E-state index in [4.69, 9.17) is 0 Å². The van der Waals surface area contributed by atoms with Crippen molar-refractivity contribution in [3.8, 4) is 5.69 Å². The Bertz CT molecular complexity index is 1930. The van der Waals surface area contributed by atoms with Crippen molar-refractivity contribution in [2.45, 2.75) is 61.7 Å². The Kier molecular flexibility index (Phi) is 7.09. The highest BCUT2D eigenvalue weighted by atomic mass is 32.2. The van der Waals surface area contributed by atoms with Crippen molar-refractivity contribution >= 4 is 33.2 Å². The molecular formula is C31H25F5N4O3S2. The van der Waals surface area contributed by atoms with Gasteiger partial charge in [-0.3, -0.25) is 4.79 Å². The molecule has 45 heavy (non-hydrogen) atoms. The van der Waals surface area contributed by atoms with Crippen molar-refractivity contribution in [3.05, 3.63) is 99.3 Å². The molecule has 14 heteroatoms. The van der Waals surface area contributed by atoms with Gasteiger partial charge in [-0.05, 0) is 98.7 Å². The first kappa shape index (κ1) is 29.9. The zero-order valence-corrected chi connectivity index (χ0v) is 25.1. The Morgan fingerprint density at radius 3 is 2.24 bits per heavy atom. The van der Waals surface area contributed by atoms with Crippen LogP contribution in [0.3, 0.4) is 0 Å². The van der Waals surface area contributed by atoms with E-state index in [1.54, 1.807) is 29.1 Å². The summed E-state index contributed by atoms with van der Waals surface area (Å²) in [6.45, 7) is 0. The summed E-state index contributed by atoms with van der Waals surface area (Å²) in [4.78, 5) is 17.2. The lowest BCUT2D eigenvalue weighted by molar-refractivity contribution is -0.134. The standard InChI is InChI=1S/C31H25F5N4O3S2/c32-20-2-7-22(8-3-20)39-26-13-19-1-6-24(40(23-9-10-23)45(42,43)25-11-4-21(33)5-12-25)15-30(19,14-18(26)16-38-39)28(41)29-37-17-27(44-29)31(34,35)36/h2-5,7-8,11-13,16-17,23-24H,1,6,9-10,14-15H2/t24-,30-/m0/s1. The van der Waals surface area contributed by atoms with E-state index in [-0.39, 0.29) is 40.1 Å². The van der Waals surface area contributed by atoms with Gasteiger partial charge in [-0.2, -0.15) is 22.6 Å². The van der Waals surface area contributed by atoms with Crippen LogP contribution in [0.2, 0.25) is 0 Å². The fourth-order valence-electron chi connectivity index (χ4n) is 6.55. The lowest BCUT2D eigenvalue weighted by atomic mass is 9.61. The number of halogens is 5. The van der Waals surface area contributed by atoms with Gasteiger partial charge in [0.15, 0.2) is 5.01 Å². The number of carbonyl (C=O) groups is 1. The topological polar surface area (TPSA) is 85.2 Å². The van der Waals surface area contributed by atoms with E-state index in [9.17, 15) is 35.2 Å². The highest BCUT2D eigenvalue weighted by Crippen LogP contribution is 2.53. The molecule has 4 aromatic rings. The number of nitrogens with zero attached hydrogens (tertiary/aromatic N) is 4. The van der Waals surface area contributed by atoms with Crippen LogP contribution in [0.4, 0.5) is 22.0 Å². The summed E-state index contributed by atoms with van der Waals surface area (Å²) in [6.07, 6.45) is 1.34. The summed E-state index contributed by atoms with van der Waals surface area (Å²) in [7, 11) is -4.09. The number of thiazole rings is 1. The predicted molar refractivity (Wildman–Crippen MR) is 155 cm³/mol. The van der Waals surface area contributed by atoms with Gasteiger partial charge in [-0.15, -0.1) is 11.3 Å². The summed E-state index contributed by atoms with van der Waals surface area (Å²) >= 11 is 0.272. The number of hydrogen-bond donors (Lipinski definition) is 0. The molecule has 0 bridgehead atoms. The number of fused-ring (bicyclic) bond motifs is 2. The molecule has 0 amide bonds. The van der Waals surface area contributed by atoms with Crippen LogP contribution in [-0.4, -0.2) is 45.4 Å². The van der Waals surface area contributed by atoms with Gasteiger partial charge >= 0.3 is 6.18 Å². The van der Waals surface area contributed by atoms with E-state index < -0.39 is 50.0 Å². The quantitative estimate of drug-likeness (QED) is 0.160. The first-order chi connectivity index (χ1) is 21.4. The first-order valence-corrected chi connectivity index (χ1v) is 16.5. The number of rotatable bonds is 7. The van der Waals surface area contributed by atoms with Crippen LogP contribution in [0.1, 0.15) is 58.0 Å². The fraction of sp³-hybridized carbons (Fsp3) is 0.323. The molecule has 0 radical (unpaired) electrons. The second-order valence-electron chi connectivity index (χ2n) is 11.6. The van der Waals surface area contributed by atoms with Crippen molar-refractivity contribution in [3.63, 3.8) is 0 Å². The van der Waals surface area contributed by atoms with Crippen LogP contribution in [0.5, 0.6) is 0 Å². The number of carbonyl (C=O) groups excluding carboxylic acids is 1. The summed E-state index contributed by atoms with van der Waals surface area (Å²) in [6, 6.07) is 9.34. The average Bonchev–Trinajstić information content (AvgIpc) is 3.52. The zero-order chi connectivity index (χ0) is 31.7. The maximum Gasteiger partial charge on any atom is 0.427 e. The van der Waals surface area contributed by atoms with E-state index in [2.05, 4.69) is 10.1 Å². The van der Waals surface area contributed by atoms with Gasteiger partial charge in [0.1, 0.15) is 16.5 Å². The minimum absolute atomic E-state index is 0.0245. The minimum atomic E-state index is -4.68. The average molecular weight is 661 g/mol. The highest BCUT2D eigenvalue weighted by molar-refractivity contribution is 7.89. The maximum atomic E-state index is 14.4. The minimum Gasteiger partial charge on any atom is -0.290 e. The lowest BCUT2D eigenvalue weighted by Gasteiger charge is -2.46. The smallest absolute Gasteiger partial charge is 0.290 e. The Morgan fingerprint density at radius 2 is 1.62 bits per heavy atom. The van der Waals surface area contributed by atoms with Gasteiger partial charge in [-0.1, -0.05) is 5.57 Å². The molecule has 7 nitrogen and oxygen atoms in total. The third kappa shape index (κ3) is 5.22. The van der Waals surface area contributed by atoms with Gasteiger partial charge in [0.05, 0.1) is 34.1 Å². The molecule has 0 spiro atoms. The van der Waals surface area contributed by atoms with Gasteiger partial charge in [0.2, 0.25) is 15.8 Å². The molecule has 2 heterocycles. The van der Waals surface area contributed by atoms with Crippen LogP contribution in [0, 0.1) is 17.0 Å². The first-order valence-electron chi connectivity index (χ1n) is 14.3. The molecule has 7 rings (SSSR count). The van der Waals surface area contributed by atoms with E-state index in [0.29, 0.717) is 54.4 Å². The molecule has 2 fully saturated rings. The third-order valence-electron chi connectivity index (χ3n) is 8.78. The van der Waals surface area contributed by atoms with Gasteiger partial charge < -0.3 is 0 Å². The van der Waals surface area contributed by atoms with Crippen LogP contribution in [0.25, 0.3) is 11.8 Å². The van der Waals surface area contributed by atoms with Gasteiger partial charge in [0.25, 0.3) is 0 Å². The SMILES string of the molecule is O=C(c1ncc(C(F)(F)F)s1)[C@]12Cc3cnn(-c4ccc(F)cc4)c3C=C1CC[C@H](N(C1CC1)S(=O)(=O)c1ccc(F)cc1)C2. The summed E-state index contributed by atoms with van der Waals surface area (Å²) < 4.78 is 98.8. The fourth-order valence-corrected chi connectivity index (χ4v) is 9.27. The van der Waals surface area contributed by atoms with E-state index in [1.165, 1.54) is 28.6 Å². The number of hydrogen-bond acceptors (Lipinski definition) is 6. The number of ketones is 1. The van der Waals surface area contributed by atoms with Crippen LogP contribution in [0.15, 0.2) is 71.4 Å². The van der Waals surface area contributed by atoms with Crippen LogP contribution >= 0.6 is 11.3 Å². The molecule has 0 aliphatic heterocycles. The van der Waals surface area contributed by atoms with Crippen molar-refractivity contribution < 1.29 is 35.2 Å². The molecule has 0 unspecified atom stereocenters. The molecule has 2 aromatic carbocycles. The Hall–Kier alpha value is -3.75. The molecule has 3 aliphatic rings. The number of Topliss-reactive ketones (excluding diaryl/α,β-unsaturated/α-hetero) is 1. The van der Waals surface area contributed by atoms with E-state index in [1.807, 2.05) is 0 Å². The van der Waals surface area contributed by atoms with E-state index in [0.717, 1.165) is 12.1 Å². The molecule has 0 N–H and O–H groups in total.